The molecule has 7 heteroatoms. The predicted molar refractivity (Wildman–Crippen MR) is 89.7 cm³/mol. The molecule has 2 rings (SSSR count). The fourth-order valence-electron chi connectivity index (χ4n) is 2.58. The zero-order valence-corrected chi connectivity index (χ0v) is 13.8. The highest BCUT2D eigenvalue weighted by Crippen LogP contribution is 2.25. The Morgan fingerprint density at radius 2 is 1.92 bits per heavy atom. The number of benzene rings is 1. The van der Waals surface area contributed by atoms with Gasteiger partial charge in [-0.15, -0.1) is 0 Å². The highest BCUT2D eigenvalue weighted by Gasteiger charge is 2.35. The van der Waals surface area contributed by atoms with Crippen LogP contribution in [0.3, 0.4) is 0 Å². The number of rotatable bonds is 7. The van der Waals surface area contributed by atoms with E-state index in [4.69, 9.17) is 0 Å². The predicted octanol–water partition coefficient (Wildman–Crippen LogP) is 1.40. The molecule has 1 aromatic heterocycles. The van der Waals surface area contributed by atoms with Gasteiger partial charge < -0.3 is 10.4 Å². The lowest BCUT2D eigenvalue weighted by atomic mass is 9.82. The molecule has 0 saturated heterocycles. The van der Waals surface area contributed by atoms with Crippen molar-refractivity contribution in [2.45, 2.75) is 33.2 Å². The average molecular weight is 331 g/mol. The van der Waals surface area contributed by atoms with Gasteiger partial charge >= 0.3 is 5.97 Å². The molecular formula is C17H21N3O4. The van der Waals surface area contributed by atoms with Crippen LogP contribution in [0, 0.1) is 5.41 Å². The van der Waals surface area contributed by atoms with Gasteiger partial charge in [0.05, 0.1) is 22.6 Å². The van der Waals surface area contributed by atoms with Crippen molar-refractivity contribution in [2.24, 2.45) is 5.41 Å². The van der Waals surface area contributed by atoms with Gasteiger partial charge in [-0.05, 0) is 25.0 Å². The summed E-state index contributed by atoms with van der Waals surface area (Å²) in [6.45, 7) is 3.40. The first kappa shape index (κ1) is 17.7. The van der Waals surface area contributed by atoms with Crippen LogP contribution in [0.15, 0.2) is 35.4 Å². The molecule has 0 aliphatic rings. The quantitative estimate of drug-likeness (QED) is 0.798. The molecule has 0 atom stereocenters. The lowest BCUT2D eigenvalue weighted by molar-refractivity contribution is -0.149. The Balaban J connectivity index is 2.12. The number of aliphatic carboxylic acids is 1. The molecule has 0 aliphatic carbocycles. The molecular weight excluding hydrogens is 310 g/mol. The van der Waals surface area contributed by atoms with Crippen molar-refractivity contribution in [3.05, 3.63) is 40.9 Å². The number of amides is 1. The second kappa shape index (κ2) is 7.25. The minimum atomic E-state index is -0.984. The van der Waals surface area contributed by atoms with Gasteiger partial charge in [0.25, 0.3) is 5.56 Å². The molecule has 1 heterocycles. The Morgan fingerprint density at radius 1 is 1.25 bits per heavy atom. The van der Waals surface area contributed by atoms with E-state index in [0.29, 0.717) is 23.7 Å². The van der Waals surface area contributed by atoms with Gasteiger partial charge in [0.2, 0.25) is 5.91 Å². The summed E-state index contributed by atoms with van der Waals surface area (Å²) < 4.78 is 1.22. The molecule has 0 aliphatic heterocycles. The third-order valence-electron chi connectivity index (χ3n) is 4.48. The van der Waals surface area contributed by atoms with Gasteiger partial charge in [-0.25, -0.2) is 4.98 Å². The van der Waals surface area contributed by atoms with E-state index in [2.05, 4.69) is 10.3 Å². The highest BCUT2D eigenvalue weighted by molar-refractivity contribution is 5.80. The van der Waals surface area contributed by atoms with Crippen molar-refractivity contribution in [3.63, 3.8) is 0 Å². The van der Waals surface area contributed by atoms with Crippen LogP contribution in [0.2, 0.25) is 0 Å². The number of hydrogen-bond acceptors (Lipinski definition) is 4. The molecule has 128 valence electrons. The zero-order chi connectivity index (χ0) is 17.7. The Bertz CT molecular complexity index is 809. The van der Waals surface area contributed by atoms with Crippen LogP contribution in [-0.2, 0) is 16.1 Å². The number of nitrogens with one attached hydrogen (secondary N) is 1. The molecule has 0 fully saturated rings. The summed E-state index contributed by atoms with van der Waals surface area (Å²) in [7, 11) is 0. The molecule has 2 N–H and O–H groups in total. The molecule has 0 unspecified atom stereocenters. The summed E-state index contributed by atoms with van der Waals surface area (Å²) in [5.41, 5.74) is -0.713. The van der Waals surface area contributed by atoms with Crippen LogP contribution in [0.4, 0.5) is 0 Å². The molecule has 24 heavy (non-hydrogen) atoms. The molecule has 0 spiro atoms. The molecule has 2 aromatic rings. The largest absolute Gasteiger partial charge is 0.481 e. The van der Waals surface area contributed by atoms with Crippen molar-refractivity contribution < 1.29 is 14.7 Å². The molecule has 0 saturated carbocycles. The van der Waals surface area contributed by atoms with E-state index in [-0.39, 0.29) is 18.6 Å². The first-order chi connectivity index (χ1) is 11.4. The third-order valence-corrected chi connectivity index (χ3v) is 4.48. The summed E-state index contributed by atoms with van der Waals surface area (Å²) in [6.07, 6.45) is 2.15. The Labute approximate surface area is 139 Å². The molecule has 0 radical (unpaired) electrons. The molecule has 0 bridgehead atoms. The van der Waals surface area contributed by atoms with E-state index in [1.54, 1.807) is 38.1 Å². The lowest BCUT2D eigenvalue weighted by Crippen LogP contribution is -2.44. The molecule has 1 amide bonds. The maximum Gasteiger partial charge on any atom is 0.311 e. The van der Waals surface area contributed by atoms with E-state index in [1.807, 2.05) is 0 Å². The number of carboxylic acid groups (broad SMARTS) is 1. The maximum atomic E-state index is 12.3. The number of carbonyl (C=O) groups excluding carboxylic acids is 1. The van der Waals surface area contributed by atoms with Crippen LogP contribution < -0.4 is 10.9 Å². The van der Waals surface area contributed by atoms with Gasteiger partial charge in [0.1, 0.15) is 6.54 Å². The fourth-order valence-corrected chi connectivity index (χ4v) is 2.58. The van der Waals surface area contributed by atoms with Crippen molar-refractivity contribution in [3.8, 4) is 0 Å². The van der Waals surface area contributed by atoms with Crippen LogP contribution >= 0.6 is 0 Å². The number of nitrogens with zero attached hydrogens (tertiary/aromatic N) is 2. The summed E-state index contributed by atoms with van der Waals surface area (Å²) in [6, 6.07) is 6.90. The van der Waals surface area contributed by atoms with Crippen molar-refractivity contribution in [2.75, 3.05) is 6.54 Å². The maximum absolute atomic E-state index is 12.3. The first-order valence-electron chi connectivity index (χ1n) is 7.88. The standard InChI is InChI=1S/C17H21N3O4/c1-3-17(4-2,16(23)24)10-18-14(21)9-20-11-19-13-8-6-5-7-12(13)15(20)22/h5-8,11H,3-4,9-10H2,1-2H3,(H,18,21)(H,23,24). The smallest absolute Gasteiger partial charge is 0.311 e. The number of carbonyl (C=O) groups is 2. The number of para-hydroxylation sites is 1. The summed E-state index contributed by atoms with van der Waals surface area (Å²) in [5, 5.41) is 12.4. The zero-order valence-electron chi connectivity index (χ0n) is 13.8. The lowest BCUT2D eigenvalue weighted by Gasteiger charge is -2.26. The van der Waals surface area contributed by atoms with Crippen LogP contribution in [0.1, 0.15) is 26.7 Å². The average Bonchev–Trinajstić information content (AvgIpc) is 2.59. The van der Waals surface area contributed by atoms with Crippen LogP contribution in [0.25, 0.3) is 10.9 Å². The monoisotopic (exact) mass is 331 g/mol. The van der Waals surface area contributed by atoms with E-state index >= 15 is 0 Å². The Kier molecular flexibility index (Phi) is 5.33. The summed E-state index contributed by atoms with van der Waals surface area (Å²) >= 11 is 0. The van der Waals surface area contributed by atoms with E-state index < -0.39 is 17.3 Å². The van der Waals surface area contributed by atoms with E-state index in [0.717, 1.165) is 0 Å². The molecule has 1 aromatic carbocycles. The SMILES string of the molecule is CCC(CC)(CNC(=O)Cn1cnc2ccccc2c1=O)C(=O)O. The normalized spacial score (nSPS) is 11.4. The van der Waals surface area contributed by atoms with Crippen molar-refractivity contribution >= 4 is 22.8 Å². The second-order valence-corrected chi connectivity index (χ2v) is 5.76. The summed E-state index contributed by atoms with van der Waals surface area (Å²) in [4.78, 5) is 40.0. The number of fused-ring (bicyclic) bond motifs is 1. The Morgan fingerprint density at radius 3 is 2.54 bits per heavy atom. The third kappa shape index (κ3) is 3.45. The Hall–Kier alpha value is -2.70. The minimum Gasteiger partial charge on any atom is -0.481 e. The topological polar surface area (TPSA) is 101 Å². The van der Waals surface area contributed by atoms with Crippen LogP contribution in [-0.4, -0.2) is 33.1 Å². The second-order valence-electron chi connectivity index (χ2n) is 5.76. The highest BCUT2D eigenvalue weighted by atomic mass is 16.4. The fraction of sp³-hybridized carbons (Fsp3) is 0.412. The number of carboxylic acids is 1. The first-order valence-corrected chi connectivity index (χ1v) is 7.88. The van der Waals surface area contributed by atoms with E-state index in [9.17, 15) is 19.5 Å². The van der Waals surface area contributed by atoms with Gasteiger partial charge in [0, 0.05) is 6.54 Å². The van der Waals surface area contributed by atoms with Gasteiger partial charge in [-0.3, -0.25) is 19.0 Å². The number of aromatic nitrogens is 2. The number of hydrogen-bond donors (Lipinski definition) is 2. The minimum absolute atomic E-state index is 0.0317. The van der Waals surface area contributed by atoms with Crippen LogP contribution in [0.5, 0.6) is 0 Å². The van der Waals surface area contributed by atoms with E-state index in [1.165, 1.54) is 10.9 Å². The van der Waals surface area contributed by atoms with Crippen molar-refractivity contribution in [1.82, 2.24) is 14.9 Å². The summed E-state index contributed by atoms with van der Waals surface area (Å²) in [5.74, 6) is -1.35. The van der Waals surface area contributed by atoms with Gasteiger partial charge in [0.15, 0.2) is 0 Å². The molecule has 7 nitrogen and oxygen atoms in total. The van der Waals surface area contributed by atoms with Gasteiger partial charge in [-0.2, -0.15) is 0 Å². The van der Waals surface area contributed by atoms with Gasteiger partial charge in [-0.1, -0.05) is 26.0 Å². The van der Waals surface area contributed by atoms with Crippen molar-refractivity contribution in [1.29, 1.82) is 0 Å².